The van der Waals surface area contributed by atoms with Crippen LogP contribution in [0.15, 0.2) is 82.2 Å². The molecule has 3 aromatic rings. The number of rotatable bonds is 5. The Hall–Kier alpha value is -2.59. The van der Waals surface area contributed by atoms with Gasteiger partial charge >= 0.3 is 10.1 Å². The van der Waals surface area contributed by atoms with Crippen LogP contribution in [0, 0.1) is 11.3 Å². The normalized spacial score (nSPS) is 11.7. The zero-order valence-electron chi connectivity index (χ0n) is 14.3. The van der Waals surface area contributed by atoms with E-state index in [-0.39, 0.29) is 10.6 Å². The molecule has 7 heteroatoms. The van der Waals surface area contributed by atoms with Gasteiger partial charge < -0.3 is 4.18 Å². The van der Waals surface area contributed by atoms with Crippen LogP contribution in [0.3, 0.4) is 0 Å². The van der Waals surface area contributed by atoms with E-state index < -0.39 is 10.1 Å². The highest BCUT2D eigenvalue weighted by atomic mass is 79.9. The van der Waals surface area contributed by atoms with Crippen molar-refractivity contribution in [3.63, 3.8) is 0 Å². The van der Waals surface area contributed by atoms with Gasteiger partial charge in [-0.15, -0.1) is 0 Å². The second-order valence-corrected chi connectivity index (χ2v) is 8.55. The van der Waals surface area contributed by atoms with Crippen molar-refractivity contribution >= 4 is 49.3 Å². The summed E-state index contributed by atoms with van der Waals surface area (Å²) in [5.74, 6) is 0.144. The van der Waals surface area contributed by atoms with Gasteiger partial charge in [-0.05, 0) is 69.5 Å². The molecule has 0 spiro atoms. The van der Waals surface area contributed by atoms with Gasteiger partial charge in [0.25, 0.3) is 0 Å². The van der Waals surface area contributed by atoms with Gasteiger partial charge in [0, 0.05) is 5.02 Å². The molecule has 0 heterocycles. The van der Waals surface area contributed by atoms with Crippen LogP contribution in [0.4, 0.5) is 0 Å². The average Bonchev–Trinajstić information content (AvgIpc) is 2.69. The van der Waals surface area contributed by atoms with Gasteiger partial charge in [-0.25, -0.2) is 0 Å². The quantitative estimate of drug-likeness (QED) is 0.261. The van der Waals surface area contributed by atoms with Gasteiger partial charge in [0.15, 0.2) is 5.75 Å². The third kappa shape index (κ3) is 4.82. The Bertz CT molecular complexity index is 1170. The average molecular weight is 475 g/mol. The third-order valence-corrected chi connectivity index (χ3v) is 5.89. The molecule has 0 atom stereocenters. The van der Waals surface area contributed by atoms with Crippen molar-refractivity contribution < 1.29 is 12.6 Å². The molecular weight excluding hydrogens is 462 g/mol. The fraction of sp³-hybridized carbons (Fsp3) is 0. The van der Waals surface area contributed by atoms with E-state index in [0.717, 1.165) is 11.1 Å². The first kappa shape index (κ1) is 20.2. The lowest BCUT2D eigenvalue weighted by molar-refractivity contribution is 0.484. The number of nitriles is 1. The first-order chi connectivity index (χ1) is 13.4. The molecule has 3 aromatic carbocycles. The summed E-state index contributed by atoms with van der Waals surface area (Å²) in [7, 11) is -3.99. The minimum absolute atomic E-state index is 0.00335. The van der Waals surface area contributed by atoms with Gasteiger partial charge in [-0.2, -0.15) is 13.7 Å². The SMILES string of the molecule is N#C/C(=C\c1ccc(OS(=O)(=O)c2ccc(Cl)cc2)c(Br)c1)c1ccccc1. The summed E-state index contributed by atoms with van der Waals surface area (Å²) >= 11 is 9.12. The number of benzene rings is 3. The highest BCUT2D eigenvalue weighted by Crippen LogP contribution is 2.30. The molecule has 0 saturated carbocycles. The molecule has 0 aromatic heterocycles. The maximum atomic E-state index is 12.4. The summed E-state index contributed by atoms with van der Waals surface area (Å²) in [6.45, 7) is 0. The summed E-state index contributed by atoms with van der Waals surface area (Å²) in [5, 5.41) is 9.85. The molecular formula is C21H13BrClNO3S. The van der Waals surface area contributed by atoms with Crippen molar-refractivity contribution in [1.29, 1.82) is 5.26 Å². The zero-order chi connectivity index (χ0) is 20.1. The molecule has 3 rings (SSSR count). The molecule has 140 valence electrons. The van der Waals surface area contributed by atoms with Crippen LogP contribution in [-0.4, -0.2) is 8.42 Å². The van der Waals surface area contributed by atoms with Crippen molar-refractivity contribution in [1.82, 2.24) is 0 Å². The monoisotopic (exact) mass is 473 g/mol. The van der Waals surface area contributed by atoms with Crippen molar-refractivity contribution in [3.8, 4) is 11.8 Å². The number of hydrogen-bond acceptors (Lipinski definition) is 4. The predicted molar refractivity (Wildman–Crippen MR) is 113 cm³/mol. The molecule has 0 N–H and O–H groups in total. The van der Waals surface area contributed by atoms with E-state index in [1.807, 2.05) is 30.3 Å². The van der Waals surface area contributed by atoms with E-state index in [0.29, 0.717) is 15.1 Å². The van der Waals surface area contributed by atoms with Crippen LogP contribution < -0.4 is 4.18 Å². The number of hydrogen-bond donors (Lipinski definition) is 0. The van der Waals surface area contributed by atoms with Crippen LogP contribution in [0.1, 0.15) is 11.1 Å². The van der Waals surface area contributed by atoms with Crippen LogP contribution in [0.2, 0.25) is 5.02 Å². The number of nitrogens with zero attached hydrogens (tertiary/aromatic N) is 1. The van der Waals surface area contributed by atoms with Gasteiger partial charge in [0.2, 0.25) is 0 Å². The molecule has 0 unspecified atom stereocenters. The van der Waals surface area contributed by atoms with Crippen LogP contribution in [0.25, 0.3) is 11.6 Å². The van der Waals surface area contributed by atoms with Crippen molar-refractivity contribution in [2.75, 3.05) is 0 Å². The highest BCUT2D eigenvalue weighted by molar-refractivity contribution is 9.10. The van der Waals surface area contributed by atoms with Gasteiger partial charge in [0.05, 0.1) is 16.1 Å². The van der Waals surface area contributed by atoms with Crippen LogP contribution in [-0.2, 0) is 10.1 Å². The Kier molecular flexibility index (Phi) is 6.20. The fourth-order valence-corrected chi connectivity index (χ4v) is 4.06. The minimum Gasteiger partial charge on any atom is -0.378 e. The highest BCUT2D eigenvalue weighted by Gasteiger charge is 2.18. The number of allylic oxidation sites excluding steroid dienone is 1. The lowest BCUT2D eigenvalue weighted by Crippen LogP contribution is -2.10. The summed E-state index contributed by atoms with van der Waals surface area (Å²) in [6.07, 6.45) is 1.72. The maximum absolute atomic E-state index is 12.4. The molecule has 0 saturated heterocycles. The van der Waals surface area contributed by atoms with E-state index in [9.17, 15) is 13.7 Å². The van der Waals surface area contributed by atoms with E-state index in [1.165, 1.54) is 30.3 Å². The Morgan fingerprint density at radius 3 is 2.32 bits per heavy atom. The number of halogens is 2. The smallest absolute Gasteiger partial charge is 0.339 e. The predicted octanol–water partition coefficient (Wildman–Crippen LogP) is 5.93. The second kappa shape index (κ2) is 8.61. The standard InChI is InChI=1S/C21H13BrClNO3S/c22-20-13-15(12-17(14-24)16-4-2-1-3-5-16)6-11-21(20)27-28(25,26)19-9-7-18(23)8-10-19/h1-13H/b17-12+. The minimum atomic E-state index is -3.99. The Labute approximate surface area is 176 Å². The fourth-order valence-electron chi connectivity index (χ4n) is 2.41. The maximum Gasteiger partial charge on any atom is 0.339 e. The summed E-state index contributed by atoms with van der Waals surface area (Å²) in [4.78, 5) is 0.00335. The first-order valence-electron chi connectivity index (χ1n) is 8.06. The molecule has 28 heavy (non-hydrogen) atoms. The molecule has 0 fully saturated rings. The Balaban J connectivity index is 1.87. The molecule has 0 radical (unpaired) electrons. The van der Waals surface area contributed by atoms with Crippen LogP contribution in [0.5, 0.6) is 5.75 Å². The third-order valence-electron chi connectivity index (χ3n) is 3.77. The second-order valence-electron chi connectivity index (χ2n) is 5.72. The molecule has 0 bridgehead atoms. The first-order valence-corrected chi connectivity index (χ1v) is 10.6. The van der Waals surface area contributed by atoms with Crippen molar-refractivity contribution in [3.05, 3.63) is 93.4 Å². The summed E-state index contributed by atoms with van der Waals surface area (Å²) < 4.78 is 30.5. The van der Waals surface area contributed by atoms with Gasteiger partial charge in [0.1, 0.15) is 4.90 Å². The van der Waals surface area contributed by atoms with E-state index in [2.05, 4.69) is 22.0 Å². The molecule has 0 aliphatic carbocycles. The lowest BCUT2D eigenvalue weighted by Gasteiger charge is -2.09. The van der Waals surface area contributed by atoms with Crippen molar-refractivity contribution in [2.45, 2.75) is 4.90 Å². The van der Waals surface area contributed by atoms with E-state index >= 15 is 0 Å². The van der Waals surface area contributed by atoms with E-state index in [4.69, 9.17) is 15.8 Å². The molecule has 0 amide bonds. The van der Waals surface area contributed by atoms with Gasteiger partial charge in [-0.1, -0.05) is 48.0 Å². The zero-order valence-corrected chi connectivity index (χ0v) is 17.5. The Morgan fingerprint density at radius 2 is 1.71 bits per heavy atom. The Morgan fingerprint density at radius 1 is 1.04 bits per heavy atom. The topological polar surface area (TPSA) is 67.2 Å². The van der Waals surface area contributed by atoms with Gasteiger partial charge in [-0.3, -0.25) is 0 Å². The van der Waals surface area contributed by atoms with Crippen LogP contribution >= 0.6 is 27.5 Å². The largest absolute Gasteiger partial charge is 0.378 e. The van der Waals surface area contributed by atoms with E-state index in [1.54, 1.807) is 18.2 Å². The molecule has 0 aliphatic heterocycles. The summed E-state index contributed by atoms with van der Waals surface area (Å²) in [6, 6.07) is 22.1. The molecule has 0 aliphatic rings. The molecule has 4 nitrogen and oxygen atoms in total. The summed E-state index contributed by atoms with van der Waals surface area (Å²) in [5.41, 5.74) is 2.02. The lowest BCUT2D eigenvalue weighted by atomic mass is 10.0. The van der Waals surface area contributed by atoms with Crippen molar-refractivity contribution in [2.24, 2.45) is 0 Å².